The van der Waals surface area contributed by atoms with Gasteiger partial charge in [-0.05, 0) is 43.7 Å². The van der Waals surface area contributed by atoms with Crippen molar-refractivity contribution in [2.45, 2.75) is 19.4 Å². The first-order valence-electron chi connectivity index (χ1n) is 8.65. The minimum Gasteiger partial charge on any atom is -0.340 e. The third kappa shape index (κ3) is 2.73. The summed E-state index contributed by atoms with van der Waals surface area (Å²) in [4.78, 5) is 31.4. The Kier molecular flexibility index (Phi) is 3.95. The van der Waals surface area contributed by atoms with Crippen molar-refractivity contribution in [3.8, 4) is 0 Å². The van der Waals surface area contributed by atoms with Crippen LogP contribution in [0.25, 0.3) is 11.0 Å². The first-order valence-corrected chi connectivity index (χ1v) is 8.65. The summed E-state index contributed by atoms with van der Waals surface area (Å²) < 4.78 is 1.98. The third-order valence-corrected chi connectivity index (χ3v) is 4.95. The molecule has 4 rings (SSSR count). The van der Waals surface area contributed by atoms with Crippen LogP contribution in [0.3, 0.4) is 0 Å². The summed E-state index contributed by atoms with van der Waals surface area (Å²) in [6.07, 6.45) is 0.602. The zero-order chi connectivity index (χ0) is 18.3. The number of para-hydroxylation sites is 1. The Morgan fingerprint density at radius 3 is 2.73 bits per heavy atom. The second-order valence-electron chi connectivity index (χ2n) is 6.56. The van der Waals surface area contributed by atoms with Gasteiger partial charge in [0.15, 0.2) is 0 Å². The molecule has 2 amide bonds. The van der Waals surface area contributed by atoms with Crippen molar-refractivity contribution in [1.29, 1.82) is 0 Å². The van der Waals surface area contributed by atoms with E-state index in [1.807, 2.05) is 54.9 Å². The number of fused-ring (bicyclic) bond motifs is 1. The van der Waals surface area contributed by atoms with Crippen LogP contribution in [0.2, 0.25) is 0 Å². The van der Waals surface area contributed by atoms with Crippen molar-refractivity contribution >= 4 is 28.5 Å². The zero-order valence-corrected chi connectivity index (χ0v) is 14.8. The smallest absolute Gasteiger partial charge is 0.252 e. The van der Waals surface area contributed by atoms with Gasteiger partial charge in [0.1, 0.15) is 11.9 Å². The quantitative estimate of drug-likeness (QED) is 0.790. The van der Waals surface area contributed by atoms with Gasteiger partial charge in [-0.3, -0.25) is 9.59 Å². The first-order chi connectivity index (χ1) is 12.5. The maximum absolute atomic E-state index is 12.6. The average molecular weight is 348 g/mol. The van der Waals surface area contributed by atoms with E-state index < -0.39 is 6.04 Å². The van der Waals surface area contributed by atoms with Gasteiger partial charge in [-0.15, -0.1) is 0 Å². The molecule has 1 fully saturated rings. The number of hydrogen-bond acceptors (Lipinski definition) is 3. The molecule has 1 atom stereocenters. The topological polar surface area (TPSA) is 67.2 Å². The number of anilines is 1. The number of carbonyl (C=O) groups is 2. The fourth-order valence-corrected chi connectivity index (χ4v) is 3.38. The summed E-state index contributed by atoms with van der Waals surface area (Å²) in [6, 6.07) is 14.5. The molecule has 0 saturated carbocycles. The molecule has 1 aliphatic heterocycles. The van der Waals surface area contributed by atoms with Crippen LogP contribution in [-0.4, -0.2) is 34.0 Å². The Bertz CT molecular complexity index is 994. The number of carbonyl (C=O) groups excluding carboxylic acids is 2. The van der Waals surface area contributed by atoms with Crippen LogP contribution in [0.5, 0.6) is 0 Å². The van der Waals surface area contributed by atoms with E-state index in [0.29, 0.717) is 18.5 Å². The van der Waals surface area contributed by atoms with E-state index in [-0.39, 0.29) is 11.8 Å². The molecule has 0 radical (unpaired) electrons. The Balaban J connectivity index is 1.51. The van der Waals surface area contributed by atoms with Crippen molar-refractivity contribution in [1.82, 2.24) is 14.9 Å². The van der Waals surface area contributed by atoms with Crippen LogP contribution in [0, 0.1) is 6.92 Å². The van der Waals surface area contributed by atoms with Crippen molar-refractivity contribution in [2.24, 2.45) is 7.05 Å². The van der Waals surface area contributed by atoms with Gasteiger partial charge in [-0.2, -0.15) is 0 Å². The molecule has 0 bridgehead atoms. The Morgan fingerprint density at radius 2 is 1.96 bits per heavy atom. The number of nitrogens with one attached hydrogen (secondary N) is 1. The fraction of sp³-hybridized carbons (Fsp3) is 0.250. The van der Waals surface area contributed by atoms with E-state index in [0.717, 1.165) is 22.5 Å². The first kappa shape index (κ1) is 16.3. The maximum Gasteiger partial charge on any atom is 0.252 e. The number of nitrogens with zero attached hydrogens (tertiary/aromatic N) is 3. The van der Waals surface area contributed by atoms with Gasteiger partial charge in [0, 0.05) is 24.8 Å². The van der Waals surface area contributed by atoms with E-state index >= 15 is 0 Å². The predicted molar refractivity (Wildman–Crippen MR) is 100 cm³/mol. The molecule has 6 heteroatoms. The normalized spacial score (nSPS) is 17.1. The molecule has 132 valence electrons. The minimum atomic E-state index is -0.496. The molecule has 1 aromatic heterocycles. The average Bonchev–Trinajstić information content (AvgIpc) is 3.15. The number of benzene rings is 2. The van der Waals surface area contributed by atoms with E-state index in [9.17, 15) is 9.59 Å². The Labute approximate surface area is 151 Å². The molecule has 2 aromatic carbocycles. The molecule has 1 N–H and O–H groups in total. The number of rotatable bonds is 3. The Morgan fingerprint density at radius 1 is 1.19 bits per heavy atom. The molecule has 3 aromatic rings. The summed E-state index contributed by atoms with van der Waals surface area (Å²) >= 11 is 0. The van der Waals surface area contributed by atoms with Gasteiger partial charge in [0.25, 0.3) is 5.91 Å². The lowest BCUT2D eigenvalue weighted by Gasteiger charge is -2.17. The molecule has 6 nitrogen and oxygen atoms in total. The summed E-state index contributed by atoms with van der Waals surface area (Å²) in [5.74, 6) is 0.574. The summed E-state index contributed by atoms with van der Waals surface area (Å²) in [5, 5.41) is 2.87. The lowest BCUT2D eigenvalue weighted by molar-refractivity contribution is -0.118. The van der Waals surface area contributed by atoms with Gasteiger partial charge in [-0.25, -0.2) is 4.98 Å². The molecular weight excluding hydrogens is 328 g/mol. The van der Waals surface area contributed by atoms with Gasteiger partial charge < -0.3 is 14.8 Å². The van der Waals surface area contributed by atoms with Crippen LogP contribution in [0.1, 0.15) is 22.6 Å². The van der Waals surface area contributed by atoms with E-state index in [4.69, 9.17) is 0 Å². The highest BCUT2D eigenvalue weighted by atomic mass is 16.2. The van der Waals surface area contributed by atoms with Crippen LogP contribution in [0.15, 0.2) is 48.5 Å². The highest BCUT2D eigenvalue weighted by molar-refractivity contribution is 6.04. The molecule has 0 aliphatic carbocycles. The second kappa shape index (κ2) is 6.29. The molecule has 0 spiro atoms. The largest absolute Gasteiger partial charge is 0.340 e. The van der Waals surface area contributed by atoms with Gasteiger partial charge >= 0.3 is 0 Å². The van der Waals surface area contributed by atoms with Crippen molar-refractivity contribution in [3.63, 3.8) is 0 Å². The fourth-order valence-electron chi connectivity index (χ4n) is 3.38. The lowest BCUT2D eigenvalue weighted by Crippen LogP contribution is -2.41. The SMILES string of the molecule is Cc1nc2cc(C(=O)N[C@H]3CCN(c4ccccc4)C3=O)ccc2n1C. The standard InChI is InChI=1S/C20H20N4O2/c1-13-21-17-12-14(8-9-18(17)23(13)2)19(25)22-16-10-11-24(20(16)26)15-6-4-3-5-7-15/h3-9,12,16H,10-11H2,1-2H3,(H,22,25)/t16-/m0/s1. The maximum atomic E-state index is 12.6. The van der Waals surface area contributed by atoms with Crippen LogP contribution >= 0.6 is 0 Å². The van der Waals surface area contributed by atoms with Crippen molar-refractivity contribution in [2.75, 3.05) is 11.4 Å². The van der Waals surface area contributed by atoms with E-state index in [1.165, 1.54) is 0 Å². The number of aryl methyl sites for hydroxylation is 2. The molecule has 26 heavy (non-hydrogen) atoms. The monoisotopic (exact) mass is 348 g/mol. The second-order valence-corrected chi connectivity index (χ2v) is 6.56. The molecular formula is C20H20N4O2. The van der Waals surface area contributed by atoms with Crippen LogP contribution in [0.4, 0.5) is 5.69 Å². The Hall–Kier alpha value is -3.15. The lowest BCUT2D eigenvalue weighted by atomic mass is 10.1. The molecule has 1 saturated heterocycles. The number of imidazole rings is 1. The van der Waals surface area contributed by atoms with Gasteiger partial charge in [0.2, 0.25) is 5.91 Å². The summed E-state index contributed by atoms with van der Waals surface area (Å²) in [5.41, 5.74) is 3.13. The number of hydrogen-bond donors (Lipinski definition) is 1. The van der Waals surface area contributed by atoms with Gasteiger partial charge in [-0.1, -0.05) is 18.2 Å². The molecule has 1 aliphatic rings. The van der Waals surface area contributed by atoms with E-state index in [1.54, 1.807) is 17.0 Å². The summed E-state index contributed by atoms with van der Waals surface area (Å²) in [6.45, 7) is 2.53. The minimum absolute atomic E-state index is 0.0701. The van der Waals surface area contributed by atoms with Crippen LogP contribution < -0.4 is 10.2 Å². The summed E-state index contributed by atoms with van der Waals surface area (Å²) in [7, 11) is 1.94. The zero-order valence-electron chi connectivity index (χ0n) is 14.8. The predicted octanol–water partition coefficient (Wildman–Crippen LogP) is 2.42. The van der Waals surface area contributed by atoms with Crippen molar-refractivity contribution < 1.29 is 9.59 Å². The van der Waals surface area contributed by atoms with Crippen molar-refractivity contribution in [3.05, 3.63) is 59.9 Å². The van der Waals surface area contributed by atoms with E-state index in [2.05, 4.69) is 10.3 Å². The third-order valence-electron chi connectivity index (χ3n) is 4.95. The number of amides is 2. The van der Waals surface area contributed by atoms with Crippen LogP contribution in [-0.2, 0) is 11.8 Å². The molecule has 2 heterocycles. The highest BCUT2D eigenvalue weighted by Crippen LogP contribution is 2.22. The highest BCUT2D eigenvalue weighted by Gasteiger charge is 2.33. The molecule has 0 unspecified atom stereocenters. The van der Waals surface area contributed by atoms with Gasteiger partial charge in [0.05, 0.1) is 11.0 Å². The number of aromatic nitrogens is 2.